The van der Waals surface area contributed by atoms with E-state index in [4.69, 9.17) is 0 Å². The van der Waals surface area contributed by atoms with E-state index in [9.17, 15) is 41.4 Å². The predicted octanol–water partition coefficient (Wildman–Crippen LogP) is 5.07. The molecule has 0 spiro atoms. The van der Waals surface area contributed by atoms with Gasteiger partial charge in [-0.1, -0.05) is 40.9 Å². The van der Waals surface area contributed by atoms with Gasteiger partial charge in [-0.3, -0.25) is 14.4 Å². The Morgan fingerprint density at radius 2 is 1.45 bits per heavy atom. The van der Waals surface area contributed by atoms with Gasteiger partial charge in [0.05, 0.1) is 19.3 Å². The molecule has 3 rings (SSSR count). The van der Waals surface area contributed by atoms with Crippen LogP contribution in [0.5, 0.6) is 0 Å². The van der Waals surface area contributed by atoms with Crippen LogP contribution >= 0.6 is 0 Å². The van der Waals surface area contributed by atoms with Crippen molar-refractivity contribution in [3.05, 3.63) is 94.3 Å². The van der Waals surface area contributed by atoms with Crippen LogP contribution in [0.15, 0.2) is 48.5 Å². The highest BCUT2D eigenvalue weighted by atomic mass is 19.2. The maximum Gasteiger partial charge on any atom is 0.305 e. The third-order valence-electron chi connectivity index (χ3n) is 5.82. The van der Waals surface area contributed by atoms with Crippen LogP contribution in [0.1, 0.15) is 34.3 Å². The van der Waals surface area contributed by atoms with E-state index >= 15 is 4.48 Å². The number of hydrogen-bond donors (Lipinski definition) is 1. The number of aliphatic hydroxyl groups is 1. The van der Waals surface area contributed by atoms with Crippen molar-refractivity contribution in [2.24, 2.45) is 0 Å². The Kier molecular flexibility index (Phi) is 9.53. The van der Waals surface area contributed by atoms with Crippen molar-refractivity contribution in [2.45, 2.75) is 32.4 Å². The summed E-state index contributed by atoms with van der Waals surface area (Å²) in [5.74, 6) is -16.5. The number of amides is 2. The lowest BCUT2D eigenvalue weighted by molar-refractivity contribution is -0.141. The third-order valence-corrected chi connectivity index (χ3v) is 5.82. The smallest absolute Gasteiger partial charge is 0.305 e. The number of rotatable bonds is 9. The van der Waals surface area contributed by atoms with Gasteiger partial charge in [0.2, 0.25) is 5.82 Å². The van der Waals surface area contributed by atoms with E-state index in [0.29, 0.717) is 11.1 Å². The lowest BCUT2D eigenvalue weighted by Gasteiger charge is -2.29. The van der Waals surface area contributed by atoms with Crippen LogP contribution in [0.2, 0.25) is 0 Å². The predicted molar refractivity (Wildman–Crippen MR) is 130 cm³/mol. The summed E-state index contributed by atoms with van der Waals surface area (Å²) in [5, 5.41) is 9.66. The molecule has 13 heteroatoms. The van der Waals surface area contributed by atoms with E-state index in [1.165, 1.54) is 19.1 Å². The van der Waals surface area contributed by atoms with Gasteiger partial charge in [-0.05, 0) is 36.6 Å². The first-order chi connectivity index (χ1) is 18.9. The minimum absolute atomic E-state index is 0.310. The fourth-order valence-electron chi connectivity index (χ4n) is 3.72. The SMILES string of the molecule is COC(=O)CCC(O)C(=O)N(Cc1ccccc1)c1cc(C)ccc1N(F)C(=O)c1c(F)c(F)c(F)c(F)c1F. The Morgan fingerprint density at radius 3 is 2.02 bits per heavy atom. The summed E-state index contributed by atoms with van der Waals surface area (Å²) in [5.41, 5.74) is -2.36. The Bertz CT molecular complexity index is 1410. The van der Waals surface area contributed by atoms with Gasteiger partial charge < -0.3 is 14.7 Å². The summed E-state index contributed by atoms with van der Waals surface area (Å²) in [6, 6.07) is 11.5. The Morgan fingerprint density at radius 1 is 0.875 bits per heavy atom. The van der Waals surface area contributed by atoms with E-state index in [2.05, 4.69) is 4.74 Å². The van der Waals surface area contributed by atoms with Gasteiger partial charge >= 0.3 is 5.97 Å². The van der Waals surface area contributed by atoms with Gasteiger partial charge in [-0.2, -0.15) is 0 Å². The molecule has 1 unspecified atom stereocenters. The zero-order chi connectivity index (χ0) is 29.7. The molecular weight excluding hydrogens is 546 g/mol. The Hall–Kier alpha value is -4.39. The highest BCUT2D eigenvalue weighted by Crippen LogP contribution is 2.35. The number of anilines is 2. The molecule has 40 heavy (non-hydrogen) atoms. The molecule has 212 valence electrons. The summed E-state index contributed by atoms with van der Waals surface area (Å²) in [6.45, 7) is 1.22. The monoisotopic (exact) mass is 568 g/mol. The van der Waals surface area contributed by atoms with Gasteiger partial charge in [0, 0.05) is 6.42 Å². The molecule has 0 radical (unpaired) electrons. The second-order valence-corrected chi connectivity index (χ2v) is 8.56. The Balaban J connectivity index is 2.11. The van der Waals surface area contributed by atoms with E-state index < -0.39 is 69.3 Å². The highest BCUT2D eigenvalue weighted by molar-refractivity contribution is 6.08. The van der Waals surface area contributed by atoms with Crippen molar-refractivity contribution < 1.29 is 50.7 Å². The number of carbonyl (C=O) groups excluding carboxylic acids is 3. The average molecular weight is 568 g/mol. The number of methoxy groups -OCH3 is 1. The standard InChI is InChI=1S/C27H22F6N2O5/c1-14-8-9-16(35(33)27(39)20-21(28)23(30)25(32)24(31)22(20)29)17(12-14)34(13-15-6-4-3-5-7-15)26(38)18(36)10-11-19(37)40-2/h3-9,12,18,36H,10-11,13H2,1-2H3. The van der Waals surface area contributed by atoms with E-state index in [-0.39, 0.29) is 25.1 Å². The van der Waals surface area contributed by atoms with Crippen molar-refractivity contribution in [2.75, 3.05) is 17.1 Å². The van der Waals surface area contributed by atoms with Crippen molar-refractivity contribution >= 4 is 29.2 Å². The minimum atomic E-state index is -2.53. The second-order valence-electron chi connectivity index (χ2n) is 8.56. The van der Waals surface area contributed by atoms with Crippen LogP contribution in [-0.4, -0.2) is 36.1 Å². The molecule has 0 saturated heterocycles. The maximum atomic E-state index is 15.5. The topological polar surface area (TPSA) is 87.2 Å². The zero-order valence-electron chi connectivity index (χ0n) is 21.1. The number of carbonyl (C=O) groups is 3. The van der Waals surface area contributed by atoms with Gasteiger partial charge in [-0.15, -0.1) is 5.12 Å². The molecule has 3 aromatic rings. The molecule has 0 saturated carbocycles. The average Bonchev–Trinajstić information content (AvgIpc) is 2.96. The zero-order valence-corrected chi connectivity index (χ0v) is 21.1. The van der Waals surface area contributed by atoms with Gasteiger partial charge in [-0.25, -0.2) is 22.0 Å². The van der Waals surface area contributed by atoms with Crippen molar-refractivity contribution in [3.8, 4) is 0 Å². The lowest BCUT2D eigenvalue weighted by atomic mass is 10.1. The number of nitrogens with zero attached hydrogens (tertiary/aromatic N) is 2. The number of halogens is 6. The molecule has 7 nitrogen and oxygen atoms in total. The van der Waals surface area contributed by atoms with E-state index in [0.717, 1.165) is 18.1 Å². The lowest BCUT2D eigenvalue weighted by Crippen LogP contribution is -2.40. The molecule has 0 fully saturated rings. The van der Waals surface area contributed by atoms with Crippen LogP contribution in [0.25, 0.3) is 0 Å². The molecule has 1 N–H and O–H groups in total. The van der Waals surface area contributed by atoms with Crippen molar-refractivity contribution in [1.29, 1.82) is 0 Å². The van der Waals surface area contributed by atoms with Gasteiger partial charge in [0.15, 0.2) is 23.3 Å². The summed E-state index contributed by atoms with van der Waals surface area (Å²) in [6.07, 6.45) is -2.55. The first-order valence-corrected chi connectivity index (χ1v) is 11.6. The Labute approximate surface area is 224 Å². The highest BCUT2D eigenvalue weighted by Gasteiger charge is 2.35. The summed E-state index contributed by atoms with van der Waals surface area (Å²) in [7, 11) is 1.11. The molecular formula is C27H22F6N2O5. The number of ether oxygens (including phenoxy) is 1. The summed E-state index contributed by atoms with van der Waals surface area (Å²) >= 11 is 0. The second kappa shape index (κ2) is 12.6. The van der Waals surface area contributed by atoms with Crippen LogP contribution in [0, 0.1) is 36.0 Å². The quantitative estimate of drug-likeness (QED) is 0.128. The minimum Gasteiger partial charge on any atom is -0.469 e. The first-order valence-electron chi connectivity index (χ1n) is 11.6. The molecule has 2 amide bonds. The maximum absolute atomic E-state index is 15.5. The van der Waals surface area contributed by atoms with Crippen LogP contribution in [-0.2, 0) is 20.9 Å². The first kappa shape index (κ1) is 30.2. The van der Waals surface area contributed by atoms with E-state index in [1.807, 2.05) is 0 Å². The number of aryl methyl sites for hydroxylation is 1. The largest absolute Gasteiger partial charge is 0.469 e. The van der Waals surface area contributed by atoms with Gasteiger partial charge in [0.25, 0.3) is 11.8 Å². The molecule has 1 atom stereocenters. The van der Waals surface area contributed by atoms with Crippen molar-refractivity contribution in [1.82, 2.24) is 0 Å². The van der Waals surface area contributed by atoms with E-state index in [1.54, 1.807) is 30.3 Å². The molecule has 0 bridgehead atoms. The fourth-order valence-corrected chi connectivity index (χ4v) is 3.72. The molecule has 0 aliphatic carbocycles. The normalized spacial score (nSPS) is 11.6. The summed E-state index contributed by atoms with van der Waals surface area (Å²) in [4.78, 5) is 38.5. The number of esters is 1. The van der Waals surface area contributed by atoms with Gasteiger partial charge in [0.1, 0.15) is 17.4 Å². The molecule has 3 aromatic carbocycles. The van der Waals surface area contributed by atoms with Crippen molar-refractivity contribution in [3.63, 3.8) is 0 Å². The molecule has 0 heterocycles. The fraction of sp³-hybridized carbons (Fsp3) is 0.222. The third kappa shape index (κ3) is 6.25. The molecule has 0 aliphatic heterocycles. The number of benzene rings is 3. The molecule has 0 aliphatic rings. The molecule has 0 aromatic heterocycles. The number of aliphatic hydroxyl groups excluding tert-OH is 1. The van der Waals surface area contributed by atoms with Crippen LogP contribution in [0.4, 0.5) is 37.8 Å². The van der Waals surface area contributed by atoms with Crippen LogP contribution < -0.4 is 10.0 Å². The number of hydrogen-bond acceptors (Lipinski definition) is 5. The van der Waals surface area contributed by atoms with Crippen LogP contribution in [0.3, 0.4) is 0 Å². The summed E-state index contributed by atoms with van der Waals surface area (Å²) < 4.78 is 89.5.